The number of amides is 2. The number of ether oxygens (including phenoxy) is 1. The fourth-order valence-electron chi connectivity index (χ4n) is 3.33. The highest BCUT2D eigenvalue weighted by molar-refractivity contribution is 6.34. The number of nitrogens with zero attached hydrogens (tertiary/aromatic N) is 2. The summed E-state index contributed by atoms with van der Waals surface area (Å²) in [5.74, 6) is -2.28. The van der Waals surface area contributed by atoms with Crippen molar-refractivity contribution >= 4 is 29.2 Å². The molecule has 2 heterocycles. The van der Waals surface area contributed by atoms with Crippen molar-refractivity contribution in [1.29, 1.82) is 0 Å². The van der Waals surface area contributed by atoms with Crippen LogP contribution in [0.1, 0.15) is 31.1 Å². The molecular formula is C19H15N2O5-. The van der Waals surface area contributed by atoms with E-state index in [1.165, 1.54) is 6.07 Å². The van der Waals surface area contributed by atoms with Crippen LogP contribution in [0.2, 0.25) is 0 Å². The Hall–Kier alpha value is -3.19. The lowest BCUT2D eigenvalue weighted by atomic mass is 10.1. The van der Waals surface area contributed by atoms with Crippen molar-refractivity contribution in [3.05, 3.63) is 59.2 Å². The first-order valence-electron chi connectivity index (χ1n) is 8.24. The first-order chi connectivity index (χ1) is 12.6. The summed E-state index contributed by atoms with van der Waals surface area (Å²) in [6.45, 7) is 2.14. The van der Waals surface area contributed by atoms with Gasteiger partial charge in [0.15, 0.2) is 0 Å². The molecule has 0 bridgehead atoms. The van der Waals surface area contributed by atoms with Gasteiger partial charge in [0, 0.05) is 24.3 Å². The van der Waals surface area contributed by atoms with E-state index in [1.54, 1.807) is 36.4 Å². The second-order valence-corrected chi connectivity index (χ2v) is 6.08. The first kappa shape index (κ1) is 16.3. The number of carboxylic acid groups (broad SMARTS) is 1. The van der Waals surface area contributed by atoms with Gasteiger partial charge in [-0.2, -0.15) is 0 Å². The van der Waals surface area contributed by atoms with Gasteiger partial charge in [-0.05, 0) is 30.3 Å². The molecule has 2 amide bonds. The molecule has 0 N–H and O–H groups in total. The van der Waals surface area contributed by atoms with Crippen LogP contribution in [0.3, 0.4) is 0 Å². The van der Waals surface area contributed by atoms with E-state index < -0.39 is 17.8 Å². The number of hydrogen-bond donors (Lipinski definition) is 0. The van der Waals surface area contributed by atoms with Gasteiger partial charge in [0.2, 0.25) is 0 Å². The summed E-state index contributed by atoms with van der Waals surface area (Å²) in [4.78, 5) is 39.7. The van der Waals surface area contributed by atoms with Crippen LogP contribution in [0, 0.1) is 0 Å². The highest BCUT2D eigenvalue weighted by atomic mass is 16.5. The Balaban J connectivity index is 1.74. The van der Waals surface area contributed by atoms with Gasteiger partial charge in [0.1, 0.15) is 0 Å². The Morgan fingerprint density at radius 2 is 1.58 bits per heavy atom. The number of benzene rings is 2. The standard InChI is InChI=1S/C19H16N2O5/c22-17-13-3-1-2-4-14(13)18(23)21(17)12-5-6-16(15(11-12)19(24)25)20-7-9-26-10-8-20/h1-6,11H,7-10H2,(H,24,25)/p-1. The highest BCUT2D eigenvalue weighted by Gasteiger charge is 2.36. The van der Waals surface area contributed by atoms with Crippen LogP contribution in [0.25, 0.3) is 0 Å². The van der Waals surface area contributed by atoms with E-state index in [4.69, 9.17) is 4.74 Å². The van der Waals surface area contributed by atoms with Crippen LogP contribution in [-0.2, 0) is 4.74 Å². The van der Waals surface area contributed by atoms with Crippen LogP contribution in [0.15, 0.2) is 42.5 Å². The van der Waals surface area contributed by atoms with Gasteiger partial charge in [-0.25, -0.2) is 4.90 Å². The molecule has 0 spiro atoms. The smallest absolute Gasteiger partial charge is 0.266 e. The third kappa shape index (κ3) is 2.53. The van der Waals surface area contributed by atoms with Crippen LogP contribution < -0.4 is 14.9 Å². The van der Waals surface area contributed by atoms with Crippen molar-refractivity contribution < 1.29 is 24.2 Å². The van der Waals surface area contributed by atoms with Crippen molar-refractivity contribution in [2.45, 2.75) is 0 Å². The maximum atomic E-state index is 12.6. The number of aromatic carboxylic acids is 1. The van der Waals surface area contributed by atoms with Gasteiger partial charge in [0.05, 0.1) is 36.0 Å². The lowest BCUT2D eigenvalue weighted by Crippen LogP contribution is -2.38. The fraction of sp³-hybridized carbons (Fsp3) is 0.211. The summed E-state index contributed by atoms with van der Waals surface area (Å²) >= 11 is 0. The Labute approximate surface area is 149 Å². The van der Waals surface area contributed by atoms with Crippen LogP contribution in [-0.4, -0.2) is 44.1 Å². The third-order valence-electron chi connectivity index (χ3n) is 4.60. The summed E-state index contributed by atoms with van der Waals surface area (Å²) in [5, 5.41) is 11.7. The number of hydrogen-bond acceptors (Lipinski definition) is 6. The number of fused-ring (bicyclic) bond motifs is 1. The van der Waals surface area contributed by atoms with Crippen molar-refractivity contribution in [2.75, 3.05) is 36.1 Å². The number of anilines is 2. The fourth-order valence-corrected chi connectivity index (χ4v) is 3.33. The Kier molecular flexibility index (Phi) is 3.93. The zero-order valence-corrected chi connectivity index (χ0v) is 13.8. The van der Waals surface area contributed by atoms with Crippen LogP contribution in [0.4, 0.5) is 11.4 Å². The summed E-state index contributed by atoms with van der Waals surface area (Å²) < 4.78 is 5.29. The lowest BCUT2D eigenvalue weighted by molar-refractivity contribution is -0.254. The van der Waals surface area contributed by atoms with Gasteiger partial charge in [-0.3, -0.25) is 9.59 Å². The minimum atomic E-state index is -1.36. The molecule has 132 valence electrons. The Morgan fingerprint density at radius 3 is 2.15 bits per heavy atom. The topological polar surface area (TPSA) is 90.0 Å². The minimum absolute atomic E-state index is 0.0547. The van der Waals surface area contributed by atoms with Crippen molar-refractivity contribution in [3.63, 3.8) is 0 Å². The Bertz CT molecular complexity index is 883. The normalized spacial score (nSPS) is 16.8. The van der Waals surface area contributed by atoms with E-state index in [0.29, 0.717) is 43.1 Å². The maximum absolute atomic E-state index is 12.6. The molecule has 7 nitrogen and oxygen atoms in total. The van der Waals surface area contributed by atoms with E-state index in [0.717, 1.165) is 4.90 Å². The number of carboxylic acids is 1. The van der Waals surface area contributed by atoms with E-state index in [2.05, 4.69) is 0 Å². The second kappa shape index (κ2) is 6.27. The molecule has 2 aliphatic rings. The van der Waals surface area contributed by atoms with E-state index >= 15 is 0 Å². The molecule has 1 fully saturated rings. The van der Waals surface area contributed by atoms with Gasteiger partial charge >= 0.3 is 0 Å². The molecule has 0 aliphatic carbocycles. The highest BCUT2D eigenvalue weighted by Crippen LogP contribution is 2.32. The summed E-state index contributed by atoms with van der Waals surface area (Å²) in [6, 6.07) is 11.0. The summed E-state index contributed by atoms with van der Waals surface area (Å²) in [7, 11) is 0. The van der Waals surface area contributed by atoms with Crippen molar-refractivity contribution in [1.82, 2.24) is 0 Å². The predicted octanol–water partition coefficient (Wildman–Crippen LogP) is 0.687. The zero-order chi connectivity index (χ0) is 18.3. The number of carbonyl (C=O) groups excluding carboxylic acids is 3. The molecule has 1 saturated heterocycles. The molecule has 0 saturated carbocycles. The van der Waals surface area contributed by atoms with Gasteiger partial charge in [0.25, 0.3) is 11.8 Å². The molecule has 0 radical (unpaired) electrons. The van der Waals surface area contributed by atoms with E-state index in [9.17, 15) is 19.5 Å². The van der Waals surface area contributed by atoms with Crippen molar-refractivity contribution in [3.8, 4) is 0 Å². The SMILES string of the molecule is O=C([O-])c1cc(N2C(=O)c3ccccc3C2=O)ccc1N1CCOCC1. The molecular weight excluding hydrogens is 336 g/mol. The third-order valence-corrected chi connectivity index (χ3v) is 4.60. The molecule has 7 heteroatoms. The monoisotopic (exact) mass is 351 g/mol. The largest absolute Gasteiger partial charge is 0.545 e. The Morgan fingerprint density at radius 1 is 0.962 bits per heavy atom. The quantitative estimate of drug-likeness (QED) is 0.756. The maximum Gasteiger partial charge on any atom is 0.266 e. The van der Waals surface area contributed by atoms with Gasteiger partial charge in [-0.15, -0.1) is 0 Å². The molecule has 0 aromatic heterocycles. The van der Waals surface area contributed by atoms with Crippen LogP contribution in [0.5, 0.6) is 0 Å². The molecule has 4 rings (SSSR count). The number of rotatable bonds is 3. The first-order valence-corrected chi connectivity index (χ1v) is 8.24. The van der Waals surface area contributed by atoms with Crippen LogP contribution >= 0.6 is 0 Å². The number of carbonyl (C=O) groups is 3. The average molecular weight is 351 g/mol. The second-order valence-electron chi connectivity index (χ2n) is 6.08. The van der Waals surface area contributed by atoms with E-state index in [1.807, 2.05) is 4.90 Å². The zero-order valence-electron chi connectivity index (χ0n) is 13.8. The molecule has 26 heavy (non-hydrogen) atoms. The molecule has 2 aromatic rings. The molecule has 2 aliphatic heterocycles. The molecule has 2 aromatic carbocycles. The van der Waals surface area contributed by atoms with Gasteiger partial charge < -0.3 is 19.5 Å². The number of imide groups is 1. The van der Waals surface area contributed by atoms with E-state index in [-0.39, 0.29) is 11.3 Å². The molecule has 0 atom stereocenters. The lowest BCUT2D eigenvalue weighted by Gasteiger charge is -2.31. The molecule has 0 unspecified atom stereocenters. The minimum Gasteiger partial charge on any atom is -0.545 e. The number of morpholine rings is 1. The van der Waals surface area contributed by atoms with Crippen molar-refractivity contribution in [2.24, 2.45) is 0 Å². The average Bonchev–Trinajstić information content (AvgIpc) is 2.93. The summed E-state index contributed by atoms with van der Waals surface area (Å²) in [5.41, 5.74) is 1.27. The summed E-state index contributed by atoms with van der Waals surface area (Å²) in [6.07, 6.45) is 0. The predicted molar refractivity (Wildman–Crippen MR) is 91.4 cm³/mol. The van der Waals surface area contributed by atoms with Gasteiger partial charge in [-0.1, -0.05) is 12.1 Å².